The van der Waals surface area contributed by atoms with Crippen LogP contribution in [0.4, 0.5) is 11.5 Å². The van der Waals surface area contributed by atoms with Crippen LogP contribution in [0.2, 0.25) is 0 Å². The maximum Gasteiger partial charge on any atom is 0.272 e. The summed E-state index contributed by atoms with van der Waals surface area (Å²) in [5, 5.41) is 3.38. The number of anilines is 2. The van der Waals surface area contributed by atoms with Gasteiger partial charge in [0.05, 0.1) is 11.9 Å². The number of nitrogens with one attached hydrogen (secondary N) is 1. The zero-order valence-electron chi connectivity index (χ0n) is 13.6. The Morgan fingerprint density at radius 1 is 1.04 bits per heavy atom. The average Bonchev–Trinajstić information content (AvgIpc) is 3.47. The van der Waals surface area contributed by atoms with E-state index in [0.29, 0.717) is 24.8 Å². The fraction of sp³-hybridized carbons (Fsp3) is 0.389. The molecule has 3 heterocycles. The molecule has 0 unspecified atom stereocenters. The second kappa shape index (κ2) is 6.47. The lowest BCUT2D eigenvalue weighted by Gasteiger charge is -2.35. The second-order valence-electron chi connectivity index (χ2n) is 6.32. The Morgan fingerprint density at radius 2 is 1.88 bits per heavy atom. The Bertz CT molecular complexity index is 691. The summed E-state index contributed by atoms with van der Waals surface area (Å²) in [4.78, 5) is 25.4. The minimum absolute atomic E-state index is 0.00800. The summed E-state index contributed by atoms with van der Waals surface area (Å²) in [6.45, 7) is 2.98. The molecule has 2 aromatic heterocycles. The number of carbonyl (C=O) groups excluding carboxylic acids is 1. The SMILES string of the molecule is O=C(c1ccc(NC2CC2)cn1)N1CCN(c2ccccn2)CC1. The number of nitrogens with zero attached hydrogens (tertiary/aromatic N) is 4. The maximum atomic E-state index is 12.6. The number of aromatic nitrogens is 2. The fourth-order valence-corrected chi connectivity index (χ4v) is 2.91. The Kier molecular flexibility index (Phi) is 4.02. The van der Waals surface area contributed by atoms with E-state index in [9.17, 15) is 4.79 Å². The van der Waals surface area contributed by atoms with Crippen molar-refractivity contribution in [3.05, 3.63) is 48.4 Å². The van der Waals surface area contributed by atoms with Gasteiger partial charge in [0.1, 0.15) is 11.5 Å². The Hall–Kier alpha value is -2.63. The summed E-state index contributed by atoms with van der Waals surface area (Å²) in [7, 11) is 0. The molecule has 6 heteroatoms. The molecule has 2 fully saturated rings. The Balaban J connectivity index is 1.35. The molecule has 1 saturated carbocycles. The highest BCUT2D eigenvalue weighted by Crippen LogP contribution is 2.24. The Labute approximate surface area is 141 Å². The smallest absolute Gasteiger partial charge is 0.272 e. The lowest BCUT2D eigenvalue weighted by Crippen LogP contribution is -2.49. The van der Waals surface area contributed by atoms with Crippen molar-refractivity contribution in [2.45, 2.75) is 18.9 Å². The van der Waals surface area contributed by atoms with E-state index in [4.69, 9.17) is 0 Å². The van der Waals surface area contributed by atoms with Crippen molar-refractivity contribution in [2.24, 2.45) is 0 Å². The van der Waals surface area contributed by atoms with Crippen molar-refractivity contribution in [1.82, 2.24) is 14.9 Å². The first-order valence-corrected chi connectivity index (χ1v) is 8.47. The summed E-state index contributed by atoms with van der Waals surface area (Å²) in [6.07, 6.45) is 6.01. The van der Waals surface area contributed by atoms with Gasteiger partial charge in [-0.25, -0.2) is 9.97 Å². The van der Waals surface area contributed by atoms with Crippen molar-refractivity contribution >= 4 is 17.4 Å². The van der Waals surface area contributed by atoms with Crippen LogP contribution in [-0.2, 0) is 0 Å². The number of hydrogen-bond donors (Lipinski definition) is 1. The molecule has 6 nitrogen and oxygen atoms in total. The molecule has 2 aromatic rings. The van der Waals surface area contributed by atoms with Crippen LogP contribution in [0.1, 0.15) is 23.3 Å². The number of amides is 1. The summed E-state index contributed by atoms with van der Waals surface area (Å²) in [6, 6.07) is 10.3. The van der Waals surface area contributed by atoms with Crippen molar-refractivity contribution in [2.75, 3.05) is 36.4 Å². The molecule has 0 spiro atoms. The maximum absolute atomic E-state index is 12.6. The van der Waals surface area contributed by atoms with Gasteiger partial charge < -0.3 is 15.1 Å². The van der Waals surface area contributed by atoms with E-state index in [-0.39, 0.29) is 5.91 Å². The van der Waals surface area contributed by atoms with E-state index in [2.05, 4.69) is 20.2 Å². The molecule has 1 amide bonds. The molecule has 1 N–H and O–H groups in total. The third kappa shape index (κ3) is 3.32. The van der Waals surface area contributed by atoms with Gasteiger partial charge in [0.25, 0.3) is 5.91 Å². The first kappa shape index (κ1) is 14.9. The predicted octanol–water partition coefficient (Wildman–Crippen LogP) is 2.01. The van der Waals surface area contributed by atoms with Crippen LogP contribution in [0.3, 0.4) is 0 Å². The van der Waals surface area contributed by atoms with Gasteiger partial charge in [-0.2, -0.15) is 0 Å². The van der Waals surface area contributed by atoms with Crippen molar-refractivity contribution in [3.63, 3.8) is 0 Å². The Morgan fingerprint density at radius 3 is 2.50 bits per heavy atom. The molecule has 0 bridgehead atoms. The molecule has 1 aliphatic carbocycles. The summed E-state index contributed by atoms with van der Waals surface area (Å²) in [5.74, 6) is 0.979. The summed E-state index contributed by atoms with van der Waals surface area (Å²) >= 11 is 0. The van der Waals surface area contributed by atoms with Crippen LogP contribution in [0.25, 0.3) is 0 Å². The molecular formula is C18H21N5O. The van der Waals surface area contributed by atoms with E-state index in [0.717, 1.165) is 24.6 Å². The van der Waals surface area contributed by atoms with Gasteiger partial charge in [0.15, 0.2) is 0 Å². The van der Waals surface area contributed by atoms with Gasteiger partial charge in [0.2, 0.25) is 0 Å². The number of rotatable bonds is 4. The molecule has 24 heavy (non-hydrogen) atoms. The van der Waals surface area contributed by atoms with E-state index in [1.165, 1.54) is 12.8 Å². The molecule has 0 aromatic carbocycles. The first-order chi connectivity index (χ1) is 11.8. The van der Waals surface area contributed by atoms with Gasteiger partial charge in [-0.1, -0.05) is 6.07 Å². The van der Waals surface area contributed by atoms with Gasteiger partial charge in [-0.3, -0.25) is 4.79 Å². The molecule has 0 radical (unpaired) electrons. The van der Waals surface area contributed by atoms with E-state index >= 15 is 0 Å². The number of pyridine rings is 2. The normalized spacial score (nSPS) is 17.7. The minimum atomic E-state index is 0.00800. The highest BCUT2D eigenvalue weighted by molar-refractivity contribution is 5.92. The van der Waals surface area contributed by atoms with Gasteiger partial charge in [-0.05, 0) is 37.1 Å². The highest BCUT2D eigenvalue weighted by atomic mass is 16.2. The van der Waals surface area contributed by atoms with E-state index < -0.39 is 0 Å². The molecule has 1 saturated heterocycles. The molecule has 1 aliphatic heterocycles. The number of hydrogen-bond acceptors (Lipinski definition) is 5. The molecule has 4 rings (SSSR count). The van der Waals surface area contributed by atoms with Gasteiger partial charge in [-0.15, -0.1) is 0 Å². The summed E-state index contributed by atoms with van der Waals surface area (Å²) in [5.41, 5.74) is 1.51. The topological polar surface area (TPSA) is 61.4 Å². The lowest BCUT2D eigenvalue weighted by molar-refractivity contribution is 0.0740. The van der Waals surface area contributed by atoms with E-state index in [1.54, 1.807) is 12.4 Å². The average molecular weight is 323 g/mol. The number of carbonyl (C=O) groups is 1. The predicted molar refractivity (Wildman–Crippen MR) is 93.2 cm³/mol. The van der Waals surface area contributed by atoms with Crippen molar-refractivity contribution in [3.8, 4) is 0 Å². The molecular weight excluding hydrogens is 302 g/mol. The van der Waals surface area contributed by atoms with Gasteiger partial charge >= 0.3 is 0 Å². The number of piperazine rings is 1. The fourth-order valence-electron chi connectivity index (χ4n) is 2.91. The van der Waals surface area contributed by atoms with Crippen LogP contribution in [0.15, 0.2) is 42.7 Å². The zero-order valence-corrected chi connectivity index (χ0v) is 13.6. The largest absolute Gasteiger partial charge is 0.381 e. The third-order valence-corrected chi connectivity index (χ3v) is 4.47. The van der Waals surface area contributed by atoms with E-state index in [1.807, 2.05) is 35.2 Å². The van der Waals surface area contributed by atoms with Crippen molar-refractivity contribution in [1.29, 1.82) is 0 Å². The van der Waals surface area contributed by atoms with Crippen LogP contribution in [0.5, 0.6) is 0 Å². The monoisotopic (exact) mass is 323 g/mol. The lowest BCUT2D eigenvalue weighted by atomic mass is 10.2. The summed E-state index contributed by atoms with van der Waals surface area (Å²) < 4.78 is 0. The molecule has 0 atom stereocenters. The van der Waals surface area contributed by atoms with Crippen LogP contribution in [-0.4, -0.2) is 53.0 Å². The van der Waals surface area contributed by atoms with Crippen LogP contribution in [0, 0.1) is 0 Å². The van der Waals surface area contributed by atoms with Crippen molar-refractivity contribution < 1.29 is 4.79 Å². The molecule has 2 aliphatic rings. The molecule has 124 valence electrons. The second-order valence-corrected chi connectivity index (χ2v) is 6.32. The standard InChI is InChI=1S/C18H21N5O/c24-18(16-7-6-15(13-20-16)21-14-4-5-14)23-11-9-22(10-12-23)17-3-1-2-8-19-17/h1-3,6-8,13-14,21H,4-5,9-12H2. The zero-order chi connectivity index (χ0) is 16.4. The van der Waals surface area contributed by atoms with Crippen LogP contribution < -0.4 is 10.2 Å². The van der Waals surface area contributed by atoms with Crippen LogP contribution >= 0.6 is 0 Å². The minimum Gasteiger partial charge on any atom is -0.381 e. The quantitative estimate of drug-likeness (QED) is 0.933. The highest BCUT2D eigenvalue weighted by Gasteiger charge is 2.24. The van der Waals surface area contributed by atoms with Gasteiger partial charge in [0, 0.05) is 38.4 Å². The third-order valence-electron chi connectivity index (χ3n) is 4.47. The first-order valence-electron chi connectivity index (χ1n) is 8.47.